The van der Waals surface area contributed by atoms with E-state index in [1.165, 1.54) is 22.0 Å². The number of carbonyl (C=O) groups excluding carboxylic acids is 3. The minimum atomic E-state index is -1.18. The summed E-state index contributed by atoms with van der Waals surface area (Å²) in [4.78, 5) is 58.0. The third kappa shape index (κ3) is 4.16. The highest BCUT2D eigenvalue weighted by molar-refractivity contribution is 8.00. The van der Waals surface area contributed by atoms with Crippen molar-refractivity contribution >= 4 is 58.1 Å². The van der Waals surface area contributed by atoms with Gasteiger partial charge in [-0.25, -0.2) is 9.78 Å². The summed E-state index contributed by atoms with van der Waals surface area (Å²) in [5.41, 5.74) is 0.587. The maximum absolute atomic E-state index is 12.9. The first-order chi connectivity index (χ1) is 14.4. The number of thioether (sulfide) groups is 1. The summed E-state index contributed by atoms with van der Waals surface area (Å²) in [5.74, 6) is -1.93. The van der Waals surface area contributed by atoms with Crippen LogP contribution in [0, 0.1) is 0 Å². The molecule has 3 amide bonds. The number of oxime groups is 1. The molecule has 13 heteroatoms. The van der Waals surface area contributed by atoms with Crippen molar-refractivity contribution < 1.29 is 29.1 Å². The van der Waals surface area contributed by atoms with E-state index in [0.717, 1.165) is 11.3 Å². The lowest BCUT2D eigenvalue weighted by Crippen LogP contribution is -2.71. The van der Waals surface area contributed by atoms with Crippen molar-refractivity contribution in [1.29, 1.82) is 0 Å². The number of nitrogens with one attached hydrogen (secondary N) is 2. The van der Waals surface area contributed by atoms with Gasteiger partial charge in [-0.15, -0.1) is 23.1 Å². The third-order valence-corrected chi connectivity index (χ3v) is 6.44. The van der Waals surface area contributed by atoms with E-state index in [2.05, 4.69) is 20.8 Å². The number of aromatic nitrogens is 1. The molecular formula is C17H19N5O6S2. The molecule has 160 valence electrons. The van der Waals surface area contributed by atoms with E-state index in [4.69, 9.17) is 4.84 Å². The van der Waals surface area contributed by atoms with Crippen LogP contribution in [0.25, 0.3) is 0 Å². The zero-order valence-electron chi connectivity index (χ0n) is 16.1. The Labute approximate surface area is 179 Å². The van der Waals surface area contributed by atoms with Crippen LogP contribution < -0.4 is 10.6 Å². The normalized spacial score (nSPS) is 20.9. The highest BCUT2D eigenvalue weighted by Gasteiger charge is 2.54. The molecule has 2 aliphatic rings. The fourth-order valence-electron chi connectivity index (χ4n) is 2.89. The van der Waals surface area contributed by atoms with Gasteiger partial charge in [-0.1, -0.05) is 12.1 Å². The number of fused-ring (bicyclic) bond motifs is 1. The molecule has 1 aromatic heterocycles. The van der Waals surface area contributed by atoms with E-state index in [0.29, 0.717) is 24.2 Å². The Morgan fingerprint density at radius 3 is 2.93 bits per heavy atom. The molecule has 0 bridgehead atoms. The number of carboxylic acid groups (broad SMARTS) is 1. The lowest BCUT2D eigenvalue weighted by atomic mass is 10.0. The number of β-lactam (4-membered cyclic amide) rings is 1. The minimum Gasteiger partial charge on any atom is -0.477 e. The molecule has 3 heterocycles. The average Bonchev–Trinajstić information content (AvgIpc) is 3.17. The van der Waals surface area contributed by atoms with Gasteiger partial charge in [-0.2, -0.15) is 0 Å². The first-order valence-electron chi connectivity index (χ1n) is 8.93. The van der Waals surface area contributed by atoms with Crippen molar-refractivity contribution in [2.75, 3.05) is 17.7 Å². The summed E-state index contributed by atoms with van der Waals surface area (Å²) in [6, 6.07) is -0.896. The van der Waals surface area contributed by atoms with Crippen molar-refractivity contribution in [3.05, 3.63) is 22.3 Å². The number of amides is 3. The lowest BCUT2D eigenvalue weighted by Gasteiger charge is -2.49. The molecule has 3 N–H and O–H groups in total. The Bertz CT molecular complexity index is 943. The number of hydrogen-bond acceptors (Lipinski definition) is 9. The molecule has 2 atom stereocenters. The van der Waals surface area contributed by atoms with E-state index >= 15 is 0 Å². The van der Waals surface area contributed by atoms with Gasteiger partial charge in [-0.3, -0.25) is 19.3 Å². The fraction of sp³-hybridized carbons (Fsp3) is 0.412. The van der Waals surface area contributed by atoms with Gasteiger partial charge in [0.25, 0.3) is 11.8 Å². The molecule has 0 saturated carbocycles. The van der Waals surface area contributed by atoms with Crippen molar-refractivity contribution in [3.8, 4) is 0 Å². The lowest BCUT2D eigenvalue weighted by molar-refractivity contribution is -0.150. The Morgan fingerprint density at radius 2 is 2.27 bits per heavy atom. The highest BCUT2D eigenvalue weighted by Crippen LogP contribution is 2.40. The highest BCUT2D eigenvalue weighted by atomic mass is 32.2. The first kappa shape index (κ1) is 21.8. The Morgan fingerprint density at radius 1 is 1.50 bits per heavy atom. The molecule has 0 radical (unpaired) electrons. The summed E-state index contributed by atoms with van der Waals surface area (Å²) in [5, 5.41) is 19.5. The Balaban J connectivity index is 1.78. The van der Waals surface area contributed by atoms with Gasteiger partial charge in [0, 0.05) is 11.1 Å². The molecule has 2 aliphatic heterocycles. The monoisotopic (exact) mass is 453 g/mol. The molecule has 3 rings (SSSR count). The second-order valence-electron chi connectivity index (χ2n) is 6.37. The number of aliphatic carboxylic acids is 1. The van der Waals surface area contributed by atoms with Crippen LogP contribution >= 0.6 is 23.1 Å². The first-order valence-corrected chi connectivity index (χ1v) is 10.9. The van der Waals surface area contributed by atoms with Crippen LogP contribution in [0.15, 0.2) is 21.8 Å². The smallest absolute Gasteiger partial charge is 0.352 e. The molecule has 1 unspecified atom stereocenters. The molecule has 1 saturated heterocycles. The van der Waals surface area contributed by atoms with Crippen molar-refractivity contribution in [3.63, 3.8) is 0 Å². The van der Waals surface area contributed by atoms with E-state index in [1.807, 2.05) is 6.92 Å². The molecule has 0 aromatic carbocycles. The van der Waals surface area contributed by atoms with Gasteiger partial charge in [-0.05, 0) is 18.9 Å². The number of carbonyl (C=O) groups is 4. The van der Waals surface area contributed by atoms with E-state index < -0.39 is 29.2 Å². The Hall–Kier alpha value is -2.93. The van der Waals surface area contributed by atoms with Crippen molar-refractivity contribution in [1.82, 2.24) is 15.2 Å². The predicted molar refractivity (Wildman–Crippen MR) is 110 cm³/mol. The SMILES string of the molecule is CCCO/N=C(/C(=O)NC1C(=O)N2C(C(=O)O)=C(C)CS[C@H]12)c1csc(NC=O)n1. The van der Waals surface area contributed by atoms with Crippen LogP contribution in [0.2, 0.25) is 0 Å². The maximum Gasteiger partial charge on any atom is 0.352 e. The summed E-state index contributed by atoms with van der Waals surface area (Å²) in [7, 11) is 0. The molecule has 30 heavy (non-hydrogen) atoms. The number of rotatable bonds is 9. The quantitative estimate of drug-likeness (QED) is 0.162. The average molecular weight is 454 g/mol. The Kier molecular flexibility index (Phi) is 6.72. The second-order valence-corrected chi connectivity index (χ2v) is 8.33. The van der Waals surface area contributed by atoms with Gasteiger partial charge < -0.3 is 20.6 Å². The molecule has 1 aromatic rings. The number of anilines is 1. The number of nitrogens with zero attached hydrogens (tertiary/aromatic N) is 3. The van der Waals surface area contributed by atoms with Crippen LogP contribution in [0.3, 0.4) is 0 Å². The third-order valence-electron chi connectivity index (χ3n) is 4.24. The summed E-state index contributed by atoms with van der Waals surface area (Å²) < 4.78 is 0. The number of carboxylic acids is 1. The zero-order chi connectivity index (χ0) is 21.8. The number of thiazole rings is 1. The van der Waals surface area contributed by atoms with Crippen LogP contribution in [0.4, 0.5) is 5.13 Å². The second kappa shape index (κ2) is 9.26. The molecule has 0 aliphatic carbocycles. The zero-order valence-corrected chi connectivity index (χ0v) is 17.7. The van der Waals surface area contributed by atoms with Gasteiger partial charge in [0.05, 0.1) is 0 Å². The largest absolute Gasteiger partial charge is 0.477 e. The van der Waals surface area contributed by atoms with Crippen molar-refractivity contribution in [2.45, 2.75) is 31.7 Å². The topological polar surface area (TPSA) is 150 Å². The number of hydrogen-bond donors (Lipinski definition) is 3. The van der Waals surface area contributed by atoms with E-state index in [-0.39, 0.29) is 28.8 Å². The van der Waals surface area contributed by atoms with Crippen LogP contribution in [0.1, 0.15) is 26.0 Å². The predicted octanol–water partition coefficient (Wildman–Crippen LogP) is 0.601. The van der Waals surface area contributed by atoms with Gasteiger partial charge in [0.2, 0.25) is 6.41 Å². The minimum absolute atomic E-state index is 0.0431. The summed E-state index contributed by atoms with van der Waals surface area (Å²) in [6.45, 7) is 3.82. The molecular weight excluding hydrogens is 434 g/mol. The van der Waals surface area contributed by atoms with Gasteiger partial charge in [0.1, 0.15) is 29.4 Å². The fourth-order valence-corrected chi connectivity index (χ4v) is 4.84. The van der Waals surface area contributed by atoms with E-state index in [1.54, 1.807) is 6.92 Å². The summed E-state index contributed by atoms with van der Waals surface area (Å²) in [6.07, 6.45) is 1.14. The van der Waals surface area contributed by atoms with Crippen LogP contribution in [-0.2, 0) is 24.0 Å². The van der Waals surface area contributed by atoms with Crippen molar-refractivity contribution in [2.24, 2.45) is 5.16 Å². The van der Waals surface area contributed by atoms with Gasteiger partial charge in [0.15, 0.2) is 10.8 Å². The van der Waals surface area contributed by atoms with Crippen LogP contribution in [-0.4, -0.2) is 68.7 Å². The van der Waals surface area contributed by atoms with E-state index in [9.17, 15) is 24.3 Å². The standard InChI is InChI=1S/C17H19N5O6S2/c1-3-4-28-21-10(9-6-30-17(19-9)18-7-23)13(24)20-11-14(25)22-12(16(26)27)8(2)5-29-15(11)22/h6-7,11,15H,3-5H2,1-2H3,(H,20,24)(H,26,27)(H,18,19,23)/b21-10+/t11?,15-/m1/s1. The molecule has 0 spiro atoms. The maximum atomic E-state index is 12.9. The summed E-state index contributed by atoms with van der Waals surface area (Å²) >= 11 is 2.47. The van der Waals surface area contributed by atoms with Crippen LogP contribution in [0.5, 0.6) is 0 Å². The molecule has 11 nitrogen and oxygen atoms in total. The van der Waals surface area contributed by atoms with Gasteiger partial charge >= 0.3 is 5.97 Å². The molecule has 1 fully saturated rings.